The van der Waals surface area contributed by atoms with E-state index in [-0.39, 0.29) is 11.9 Å². The lowest BCUT2D eigenvalue weighted by Crippen LogP contribution is -2.26. The molecule has 1 amide bonds. The number of hydrogen-bond donors (Lipinski definition) is 1. The van der Waals surface area contributed by atoms with Crippen molar-refractivity contribution in [1.29, 1.82) is 0 Å². The van der Waals surface area contributed by atoms with Crippen molar-refractivity contribution in [2.24, 2.45) is 0 Å². The number of hydrogen-bond acceptors (Lipinski definition) is 4. The third-order valence-electron chi connectivity index (χ3n) is 2.97. The third-order valence-corrected chi connectivity index (χ3v) is 4.31. The van der Waals surface area contributed by atoms with E-state index in [0.29, 0.717) is 10.7 Å². The Bertz CT molecular complexity index is 642. The molecule has 0 aliphatic heterocycles. The second-order valence-electron chi connectivity index (χ2n) is 4.94. The van der Waals surface area contributed by atoms with Crippen molar-refractivity contribution in [3.63, 3.8) is 0 Å². The van der Waals surface area contributed by atoms with Gasteiger partial charge in [-0.15, -0.1) is 11.3 Å². The quantitative estimate of drug-likeness (QED) is 0.848. The summed E-state index contributed by atoms with van der Waals surface area (Å²) in [6.45, 7) is 5.93. The Balaban J connectivity index is 2.12. The Labute approximate surface area is 133 Å². The minimum Gasteiger partial charge on any atom is -0.343 e. The van der Waals surface area contributed by atoms with Crippen molar-refractivity contribution >= 4 is 28.8 Å². The fourth-order valence-electron chi connectivity index (χ4n) is 1.98. The van der Waals surface area contributed by atoms with Gasteiger partial charge in [0.1, 0.15) is 10.2 Å². The first-order valence-electron chi connectivity index (χ1n) is 6.89. The van der Waals surface area contributed by atoms with Gasteiger partial charge in [0, 0.05) is 22.3 Å². The maximum absolute atomic E-state index is 12.3. The first-order valence-corrected chi connectivity index (χ1v) is 8.14. The van der Waals surface area contributed by atoms with Gasteiger partial charge >= 0.3 is 0 Å². The van der Waals surface area contributed by atoms with Gasteiger partial charge in [0.15, 0.2) is 0 Å². The van der Waals surface area contributed by atoms with Crippen LogP contribution in [-0.4, -0.2) is 15.9 Å². The molecule has 4 nitrogen and oxygen atoms in total. The predicted octanol–water partition coefficient (Wildman–Crippen LogP) is 3.94. The molecule has 0 aliphatic carbocycles. The molecule has 0 fully saturated rings. The summed E-state index contributed by atoms with van der Waals surface area (Å²) in [6.07, 6.45) is 1.77. The molecule has 0 aromatic carbocycles. The largest absolute Gasteiger partial charge is 0.343 e. The second-order valence-corrected chi connectivity index (χ2v) is 6.22. The first kappa shape index (κ1) is 15.9. The molecule has 0 saturated heterocycles. The summed E-state index contributed by atoms with van der Waals surface area (Å²) in [5.41, 5.74) is 2.35. The third kappa shape index (κ3) is 4.25. The SMILES string of the molecule is CCCc1cc(C(=O)NC(C)c2nc(C)cs2)cc(Cl)n1. The second kappa shape index (κ2) is 7.00. The van der Waals surface area contributed by atoms with Crippen molar-refractivity contribution in [2.45, 2.75) is 39.7 Å². The molecule has 2 aromatic rings. The van der Waals surface area contributed by atoms with Crippen molar-refractivity contribution in [2.75, 3.05) is 0 Å². The first-order chi connectivity index (χ1) is 9.99. The van der Waals surface area contributed by atoms with Crippen molar-refractivity contribution in [1.82, 2.24) is 15.3 Å². The lowest BCUT2D eigenvalue weighted by molar-refractivity contribution is 0.0939. The minimum absolute atomic E-state index is 0.127. The molecule has 0 aliphatic rings. The number of aryl methyl sites for hydroxylation is 2. The Morgan fingerprint density at radius 1 is 1.43 bits per heavy atom. The van der Waals surface area contributed by atoms with Gasteiger partial charge in [-0.2, -0.15) is 0 Å². The molecule has 1 atom stereocenters. The number of rotatable bonds is 5. The van der Waals surface area contributed by atoms with E-state index in [1.54, 1.807) is 23.5 Å². The van der Waals surface area contributed by atoms with E-state index in [1.165, 1.54) is 0 Å². The topological polar surface area (TPSA) is 54.9 Å². The van der Waals surface area contributed by atoms with Crippen LogP contribution in [0.2, 0.25) is 5.15 Å². The zero-order valence-corrected chi connectivity index (χ0v) is 13.9. The average molecular weight is 324 g/mol. The summed E-state index contributed by atoms with van der Waals surface area (Å²) in [5, 5.41) is 6.17. The monoisotopic (exact) mass is 323 g/mol. The molecule has 2 rings (SSSR count). The molecule has 0 bridgehead atoms. The number of amides is 1. The van der Waals surface area contributed by atoms with Crippen LogP contribution >= 0.6 is 22.9 Å². The molecule has 1 N–H and O–H groups in total. The smallest absolute Gasteiger partial charge is 0.252 e. The van der Waals surface area contributed by atoms with E-state index in [4.69, 9.17) is 11.6 Å². The van der Waals surface area contributed by atoms with Crippen LogP contribution in [0.1, 0.15) is 53.1 Å². The van der Waals surface area contributed by atoms with Crippen LogP contribution in [0.25, 0.3) is 0 Å². The van der Waals surface area contributed by atoms with Gasteiger partial charge in [0.05, 0.1) is 6.04 Å². The average Bonchev–Trinajstić information content (AvgIpc) is 2.85. The Hall–Kier alpha value is -1.46. The minimum atomic E-state index is -0.156. The van der Waals surface area contributed by atoms with Crippen LogP contribution in [0.4, 0.5) is 0 Å². The van der Waals surface area contributed by atoms with Crippen molar-refractivity contribution in [3.05, 3.63) is 44.6 Å². The zero-order chi connectivity index (χ0) is 15.4. The van der Waals surface area contributed by atoms with E-state index in [9.17, 15) is 4.79 Å². The molecule has 0 saturated carbocycles. The Morgan fingerprint density at radius 3 is 2.81 bits per heavy atom. The van der Waals surface area contributed by atoms with Gasteiger partial charge in [-0.1, -0.05) is 24.9 Å². The van der Waals surface area contributed by atoms with Crippen LogP contribution in [-0.2, 0) is 6.42 Å². The highest BCUT2D eigenvalue weighted by molar-refractivity contribution is 7.09. The number of nitrogens with one attached hydrogen (secondary N) is 1. The summed E-state index contributed by atoms with van der Waals surface area (Å²) in [4.78, 5) is 20.9. The van der Waals surface area contributed by atoms with Crippen LogP contribution in [0.15, 0.2) is 17.5 Å². The Morgan fingerprint density at radius 2 is 2.19 bits per heavy atom. The van der Waals surface area contributed by atoms with Gasteiger partial charge in [0.25, 0.3) is 5.91 Å². The van der Waals surface area contributed by atoms with E-state index < -0.39 is 0 Å². The van der Waals surface area contributed by atoms with E-state index >= 15 is 0 Å². The normalized spacial score (nSPS) is 12.2. The summed E-state index contributed by atoms with van der Waals surface area (Å²) in [6, 6.07) is 3.26. The fourth-order valence-corrected chi connectivity index (χ4v) is 3.01. The number of pyridine rings is 1. The Kier molecular flexibility index (Phi) is 5.31. The molecule has 21 heavy (non-hydrogen) atoms. The van der Waals surface area contributed by atoms with E-state index in [1.807, 2.05) is 19.2 Å². The maximum Gasteiger partial charge on any atom is 0.252 e. The lowest BCUT2D eigenvalue weighted by Gasteiger charge is -2.12. The zero-order valence-electron chi connectivity index (χ0n) is 12.3. The summed E-state index contributed by atoms with van der Waals surface area (Å²) in [5.74, 6) is -0.156. The lowest BCUT2D eigenvalue weighted by atomic mass is 10.1. The van der Waals surface area contributed by atoms with E-state index in [0.717, 1.165) is 29.2 Å². The van der Waals surface area contributed by atoms with Crippen LogP contribution in [0.3, 0.4) is 0 Å². The molecule has 2 heterocycles. The predicted molar refractivity (Wildman–Crippen MR) is 86.0 cm³/mol. The van der Waals surface area contributed by atoms with Gasteiger partial charge in [-0.25, -0.2) is 9.97 Å². The van der Waals surface area contributed by atoms with E-state index in [2.05, 4.69) is 22.2 Å². The van der Waals surface area contributed by atoms with Gasteiger partial charge in [-0.3, -0.25) is 4.79 Å². The molecular weight excluding hydrogens is 306 g/mol. The summed E-state index contributed by atoms with van der Waals surface area (Å²) < 4.78 is 0. The molecule has 2 aromatic heterocycles. The van der Waals surface area contributed by atoms with Gasteiger partial charge in [-0.05, 0) is 32.4 Å². The molecule has 1 unspecified atom stereocenters. The van der Waals surface area contributed by atoms with Crippen LogP contribution < -0.4 is 5.32 Å². The van der Waals surface area contributed by atoms with Gasteiger partial charge < -0.3 is 5.32 Å². The molecule has 0 spiro atoms. The number of carbonyl (C=O) groups excluding carboxylic acids is 1. The van der Waals surface area contributed by atoms with Crippen LogP contribution in [0.5, 0.6) is 0 Å². The standard InChI is InChI=1S/C15H18ClN3OS/c1-4-5-12-6-11(7-13(16)19-12)14(20)18-10(3)15-17-9(2)8-21-15/h6-8,10H,4-5H2,1-3H3,(H,18,20). The van der Waals surface area contributed by atoms with Crippen molar-refractivity contribution in [3.8, 4) is 0 Å². The highest BCUT2D eigenvalue weighted by Crippen LogP contribution is 2.19. The van der Waals surface area contributed by atoms with Crippen LogP contribution in [0, 0.1) is 6.92 Å². The number of nitrogens with zero attached hydrogens (tertiary/aromatic N) is 2. The molecule has 0 radical (unpaired) electrons. The number of halogens is 1. The number of carbonyl (C=O) groups is 1. The van der Waals surface area contributed by atoms with Gasteiger partial charge in [0.2, 0.25) is 0 Å². The highest BCUT2D eigenvalue weighted by Gasteiger charge is 2.15. The number of aromatic nitrogens is 2. The summed E-state index contributed by atoms with van der Waals surface area (Å²) >= 11 is 7.53. The highest BCUT2D eigenvalue weighted by atomic mass is 35.5. The molecular formula is C15H18ClN3OS. The molecule has 112 valence electrons. The van der Waals surface area contributed by atoms with Crippen molar-refractivity contribution < 1.29 is 4.79 Å². The summed E-state index contributed by atoms with van der Waals surface area (Å²) in [7, 11) is 0. The number of thiazole rings is 1. The fraction of sp³-hybridized carbons (Fsp3) is 0.400. The maximum atomic E-state index is 12.3. The molecule has 6 heteroatoms.